The highest BCUT2D eigenvalue weighted by Crippen LogP contribution is 2.20. The smallest absolute Gasteiger partial charge is 0.221 e. The lowest BCUT2D eigenvalue weighted by Gasteiger charge is -2.25. The maximum absolute atomic E-state index is 13.6. The highest BCUT2D eigenvalue weighted by atomic mass is 32.1. The molecule has 1 heterocycles. The van der Waals surface area contributed by atoms with E-state index in [-0.39, 0.29) is 24.2 Å². The minimum Gasteiger partial charge on any atom is -0.354 e. The van der Waals surface area contributed by atoms with Crippen LogP contribution in [0.25, 0.3) is 11.4 Å². The molecule has 158 valence electrons. The van der Waals surface area contributed by atoms with Gasteiger partial charge in [0.2, 0.25) is 5.91 Å². The van der Waals surface area contributed by atoms with Crippen LogP contribution in [0.15, 0.2) is 48.5 Å². The Kier molecular flexibility index (Phi) is 7.12. The summed E-state index contributed by atoms with van der Waals surface area (Å²) < 4.78 is 15.9. The predicted molar refractivity (Wildman–Crippen MR) is 118 cm³/mol. The lowest BCUT2D eigenvalue weighted by atomic mass is 10.1. The molecule has 30 heavy (non-hydrogen) atoms. The van der Waals surface area contributed by atoms with Crippen molar-refractivity contribution >= 4 is 18.1 Å². The number of likely N-dealkylation sites (N-methyl/N-ethyl adjacent to an activating group) is 1. The Morgan fingerprint density at radius 2 is 2.03 bits per heavy atom. The Bertz CT molecular complexity index is 1080. The van der Waals surface area contributed by atoms with Gasteiger partial charge in [-0.15, -0.1) is 0 Å². The molecule has 0 saturated heterocycles. The molecular formula is C22H26FN5OS. The van der Waals surface area contributed by atoms with E-state index >= 15 is 0 Å². The lowest BCUT2D eigenvalue weighted by molar-refractivity contribution is -0.121. The molecule has 2 aromatic carbocycles. The first-order valence-corrected chi connectivity index (χ1v) is 10.2. The molecule has 6 nitrogen and oxygen atoms in total. The molecule has 1 atom stereocenters. The topological polar surface area (TPSA) is 66.0 Å². The van der Waals surface area contributed by atoms with Crippen LogP contribution in [0, 0.1) is 17.5 Å². The van der Waals surface area contributed by atoms with Crippen molar-refractivity contribution in [2.24, 2.45) is 0 Å². The quantitative estimate of drug-likeness (QED) is 0.536. The number of benzene rings is 2. The zero-order valence-corrected chi connectivity index (χ0v) is 18.2. The number of rotatable bonds is 8. The van der Waals surface area contributed by atoms with E-state index < -0.39 is 0 Å². The number of carbonyl (C=O) groups is 1. The molecule has 0 bridgehead atoms. The zero-order valence-electron chi connectivity index (χ0n) is 17.4. The van der Waals surface area contributed by atoms with Gasteiger partial charge in [0.25, 0.3) is 0 Å². The van der Waals surface area contributed by atoms with Gasteiger partial charge in [0.05, 0.1) is 6.04 Å². The number of amides is 1. The Morgan fingerprint density at radius 3 is 2.73 bits per heavy atom. The van der Waals surface area contributed by atoms with E-state index in [4.69, 9.17) is 12.2 Å². The third kappa shape index (κ3) is 5.40. The van der Waals surface area contributed by atoms with Gasteiger partial charge in [-0.3, -0.25) is 14.5 Å². The highest BCUT2D eigenvalue weighted by molar-refractivity contribution is 7.71. The number of carbonyl (C=O) groups excluding carboxylic acids is 1. The van der Waals surface area contributed by atoms with Gasteiger partial charge in [-0.25, -0.2) is 4.39 Å². The van der Waals surface area contributed by atoms with Crippen LogP contribution in [-0.2, 0) is 11.3 Å². The summed E-state index contributed by atoms with van der Waals surface area (Å²) in [6, 6.07) is 14.3. The third-order valence-electron chi connectivity index (χ3n) is 4.95. The first-order valence-electron chi connectivity index (χ1n) is 9.76. The number of H-pyrrole nitrogens is 1. The van der Waals surface area contributed by atoms with Gasteiger partial charge in [0.15, 0.2) is 10.6 Å². The Balaban J connectivity index is 1.64. The number of halogens is 1. The molecule has 0 saturated carbocycles. The van der Waals surface area contributed by atoms with Crippen LogP contribution in [-0.4, -0.2) is 46.2 Å². The summed E-state index contributed by atoms with van der Waals surface area (Å²) in [4.78, 5) is 14.5. The van der Waals surface area contributed by atoms with E-state index in [1.54, 1.807) is 6.07 Å². The van der Waals surface area contributed by atoms with Gasteiger partial charge in [-0.2, -0.15) is 5.10 Å². The van der Waals surface area contributed by atoms with Crippen molar-refractivity contribution in [1.29, 1.82) is 0 Å². The van der Waals surface area contributed by atoms with E-state index in [1.165, 1.54) is 12.1 Å². The van der Waals surface area contributed by atoms with Gasteiger partial charge < -0.3 is 10.2 Å². The number of aromatic nitrogens is 3. The molecule has 0 aliphatic carbocycles. The van der Waals surface area contributed by atoms with Crippen molar-refractivity contribution in [2.45, 2.75) is 25.9 Å². The minimum absolute atomic E-state index is 0.100. The van der Waals surface area contributed by atoms with Crippen molar-refractivity contribution in [1.82, 2.24) is 25.0 Å². The summed E-state index contributed by atoms with van der Waals surface area (Å²) in [6.07, 6.45) is 0.260. The molecule has 0 aliphatic heterocycles. The molecule has 2 N–H and O–H groups in total. The largest absolute Gasteiger partial charge is 0.354 e. The van der Waals surface area contributed by atoms with Crippen LogP contribution < -0.4 is 5.32 Å². The Morgan fingerprint density at radius 1 is 1.27 bits per heavy atom. The average molecular weight is 428 g/mol. The van der Waals surface area contributed by atoms with Crippen molar-refractivity contribution < 1.29 is 9.18 Å². The molecule has 0 radical (unpaired) electrons. The fourth-order valence-electron chi connectivity index (χ4n) is 3.35. The van der Waals surface area contributed by atoms with E-state index in [9.17, 15) is 9.18 Å². The van der Waals surface area contributed by atoms with E-state index in [2.05, 4.69) is 15.5 Å². The fourth-order valence-corrected chi connectivity index (χ4v) is 3.58. The van der Waals surface area contributed by atoms with Gasteiger partial charge >= 0.3 is 0 Å². The average Bonchev–Trinajstić information content (AvgIpc) is 3.07. The molecule has 1 aromatic heterocycles. The van der Waals surface area contributed by atoms with Crippen molar-refractivity contribution in [3.63, 3.8) is 0 Å². The second-order valence-electron chi connectivity index (χ2n) is 7.46. The van der Waals surface area contributed by atoms with Crippen LogP contribution in [0.4, 0.5) is 4.39 Å². The summed E-state index contributed by atoms with van der Waals surface area (Å²) in [7, 11) is 3.81. The minimum atomic E-state index is -0.288. The van der Waals surface area contributed by atoms with Crippen LogP contribution in [0.1, 0.15) is 23.6 Å². The van der Waals surface area contributed by atoms with Crippen LogP contribution in [0.5, 0.6) is 0 Å². The lowest BCUT2D eigenvalue weighted by Crippen LogP contribution is -2.35. The number of nitrogens with one attached hydrogen (secondary N) is 2. The zero-order chi connectivity index (χ0) is 21.7. The van der Waals surface area contributed by atoms with Gasteiger partial charge in [0.1, 0.15) is 5.82 Å². The van der Waals surface area contributed by atoms with Crippen LogP contribution in [0.3, 0.4) is 0 Å². The summed E-state index contributed by atoms with van der Waals surface area (Å²) in [5.41, 5.74) is 2.89. The molecule has 8 heteroatoms. The van der Waals surface area contributed by atoms with Crippen LogP contribution in [0.2, 0.25) is 0 Å². The number of hydrogen-bond acceptors (Lipinski definition) is 4. The molecular weight excluding hydrogens is 401 g/mol. The Hall–Kier alpha value is -2.84. The molecule has 3 aromatic rings. The maximum atomic E-state index is 13.6. The predicted octanol–water partition coefficient (Wildman–Crippen LogP) is 3.86. The summed E-state index contributed by atoms with van der Waals surface area (Å²) in [6.45, 7) is 2.82. The van der Waals surface area contributed by atoms with Crippen molar-refractivity contribution in [3.05, 3.63) is 70.2 Å². The van der Waals surface area contributed by atoms with E-state index in [0.29, 0.717) is 23.7 Å². The highest BCUT2D eigenvalue weighted by Gasteiger charge is 2.16. The summed E-state index contributed by atoms with van der Waals surface area (Å²) >= 11 is 5.35. The first kappa shape index (κ1) is 21.9. The van der Waals surface area contributed by atoms with Gasteiger partial charge in [0, 0.05) is 25.1 Å². The molecule has 0 spiro atoms. The number of aryl methyl sites for hydroxylation is 1. The molecule has 3 rings (SSSR count). The normalized spacial score (nSPS) is 12.2. The van der Waals surface area contributed by atoms with Crippen LogP contribution >= 0.6 is 12.2 Å². The fraction of sp³-hybridized carbons (Fsp3) is 0.318. The number of hydrogen-bond donors (Lipinski definition) is 2. The second kappa shape index (κ2) is 9.77. The van der Waals surface area contributed by atoms with E-state index in [0.717, 1.165) is 16.7 Å². The monoisotopic (exact) mass is 427 g/mol. The summed E-state index contributed by atoms with van der Waals surface area (Å²) in [5.74, 6) is 0.322. The Labute approximate surface area is 180 Å². The van der Waals surface area contributed by atoms with E-state index in [1.807, 2.05) is 60.8 Å². The standard InChI is InChI=1S/C22H26FN5OS/c1-15-6-4-8-17(12-15)21-25-26-22(30)28(21)11-10-20(29)24-14-19(27(2)3)16-7-5-9-18(23)13-16/h4-9,12-13,19H,10-11,14H2,1-3H3,(H,24,29)(H,26,30)/t19-/m1/s1. The molecule has 1 amide bonds. The van der Waals surface area contributed by atoms with Crippen molar-refractivity contribution in [2.75, 3.05) is 20.6 Å². The van der Waals surface area contributed by atoms with Crippen molar-refractivity contribution in [3.8, 4) is 11.4 Å². The number of aromatic amines is 1. The molecule has 0 unspecified atom stereocenters. The molecule has 0 fully saturated rings. The SMILES string of the molecule is Cc1cccc(-c2n[nH]c(=S)n2CCC(=O)NC[C@H](c2cccc(F)c2)N(C)C)c1. The molecule has 0 aliphatic rings. The van der Waals surface area contributed by atoms with Gasteiger partial charge in [-0.05, 0) is 57.0 Å². The number of nitrogens with zero attached hydrogens (tertiary/aromatic N) is 3. The first-order chi connectivity index (χ1) is 14.3. The second-order valence-corrected chi connectivity index (χ2v) is 7.85. The van der Waals surface area contributed by atoms with Gasteiger partial charge in [-0.1, -0.05) is 35.9 Å². The third-order valence-corrected chi connectivity index (χ3v) is 5.26. The maximum Gasteiger partial charge on any atom is 0.221 e. The summed E-state index contributed by atoms with van der Waals surface area (Å²) in [5, 5.41) is 10.1.